The van der Waals surface area contributed by atoms with Crippen molar-refractivity contribution in [2.24, 2.45) is 5.92 Å². The molecule has 138 valence electrons. The lowest BCUT2D eigenvalue weighted by molar-refractivity contribution is -0.137. The van der Waals surface area contributed by atoms with Crippen LogP contribution in [0.3, 0.4) is 0 Å². The number of halogens is 3. The Morgan fingerprint density at radius 3 is 2.19 bits per heavy atom. The summed E-state index contributed by atoms with van der Waals surface area (Å²) >= 11 is 0. The van der Waals surface area contributed by atoms with Crippen LogP contribution in [0.4, 0.5) is 18.9 Å². The smallest absolute Gasteiger partial charge is 0.340 e. The van der Waals surface area contributed by atoms with Gasteiger partial charge >= 0.3 is 6.18 Å². The van der Waals surface area contributed by atoms with E-state index in [2.05, 4.69) is 10.6 Å². The zero-order valence-electron chi connectivity index (χ0n) is 14.3. The van der Waals surface area contributed by atoms with E-state index in [-0.39, 0.29) is 11.6 Å². The highest BCUT2D eigenvalue weighted by Crippen LogP contribution is 2.30. The van der Waals surface area contributed by atoms with E-state index in [0.29, 0.717) is 5.56 Å². The van der Waals surface area contributed by atoms with Crippen molar-refractivity contribution in [2.45, 2.75) is 26.1 Å². The summed E-state index contributed by atoms with van der Waals surface area (Å²) in [6.07, 6.45) is -4.50. The molecule has 0 aliphatic heterocycles. The molecule has 0 radical (unpaired) electrons. The second-order valence-electron chi connectivity index (χ2n) is 6.13. The predicted molar refractivity (Wildman–Crippen MR) is 92.6 cm³/mol. The van der Waals surface area contributed by atoms with Gasteiger partial charge < -0.3 is 10.6 Å². The largest absolute Gasteiger partial charge is 0.416 e. The minimum absolute atomic E-state index is 0.0180. The molecule has 0 unspecified atom stereocenters. The van der Waals surface area contributed by atoms with Gasteiger partial charge in [0.2, 0.25) is 5.91 Å². The van der Waals surface area contributed by atoms with Crippen LogP contribution < -0.4 is 10.6 Å². The fraction of sp³-hybridized carbons (Fsp3) is 0.263. The van der Waals surface area contributed by atoms with Crippen molar-refractivity contribution in [2.75, 3.05) is 5.32 Å². The first-order valence-electron chi connectivity index (χ1n) is 8.02. The van der Waals surface area contributed by atoms with E-state index < -0.39 is 29.6 Å². The van der Waals surface area contributed by atoms with Crippen LogP contribution in [0.1, 0.15) is 29.8 Å². The Labute approximate surface area is 149 Å². The zero-order chi connectivity index (χ0) is 19.3. The van der Waals surface area contributed by atoms with Crippen molar-refractivity contribution in [1.29, 1.82) is 0 Å². The van der Waals surface area contributed by atoms with E-state index in [0.717, 1.165) is 12.1 Å². The molecule has 26 heavy (non-hydrogen) atoms. The lowest BCUT2D eigenvalue weighted by Crippen LogP contribution is -2.47. The Kier molecular flexibility index (Phi) is 6.02. The van der Waals surface area contributed by atoms with Crippen LogP contribution in [0.25, 0.3) is 0 Å². The van der Waals surface area contributed by atoms with Crippen molar-refractivity contribution in [3.63, 3.8) is 0 Å². The number of carbonyl (C=O) groups excluding carboxylic acids is 2. The predicted octanol–water partition coefficient (Wildman–Crippen LogP) is 4.10. The topological polar surface area (TPSA) is 58.2 Å². The van der Waals surface area contributed by atoms with Crippen molar-refractivity contribution < 1.29 is 22.8 Å². The van der Waals surface area contributed by atoms with Crippen LogP contribution in [0.5, 0.6) is 0 Å². The standard InChI is InChI=1S/C19H19F3N2O2/c1-12(2)16(24-17(25)13-7-4-3-5-8-13)18(26)23-15-10-6-9-14(11-15)19(20,21)22/h3-12,16H,1-2H3,(H,23,26)(H,24,25)/t16-/m0/s1. The van der Waals surface area contributed by atoms with Gasteiger partial charge in [-0.05, 0) is 36.2 Å². The van der Waals surface area contributed by atoms with E-state index in [1.807, 2.05) is 0 Å². The molecule has 2 amide bonds. The summed E-state index contributed by atoms with van der Waals surface area (Å²) in [6.45, 7) is 3.48. The summed E-state index contributed by atoms with van der Waals surface area (Å²) in [5.41, 5.74) is -0.445. The minimum Gasteiger partial charge on any atom is -0.340 e. The third-order valence-electron chi connectivity index (χ3n) is 3.73. The minimum atomic E-state index is -4.50. The Balaban J connectivity index is 2.13. The number of nitrogens with one attached hydrogen (secondary N) is 2. The molecule has 2 aromatic rings. The molecule has 2 N–H and O–H groups in total. The average molecular weight is 364 g/mol. The number of alkyl halides is 3. The number of benzene rings is 2. The van der Waals surface area contributed by atoms with E-state index in [9.17, 15) is 22.8 Å². The molecule has 0 saturated heterocycles. The molecular formula is C19H19F3N2O2. The molecule has 0 aromatic heterocycles. The number of amides is 2. The Hall–Kier alpha value is -2.83. The summed E-state index contributed by atoms with van der Waals surface area (Å²) in [5.74, 6) is -1.26. The van der Waals surface area contributed by atoms with Gasteiger partial charge in [0, 0.05) is 11.3 Å². The van der Waals surface area contributed by atoms with Crippen molar-refractivity contribution >= 4 is 17.5 Å². The molecular weight excluding hydrogens is 345 g/mol. The summed E-state index contributed by atoms with van der Waals surface area (Å²) in [6, 6.07) is 11.8. The maximum absolute atomic E-state index is 12.8. The second-order valence-corrected chi connectivity index (χ2v) is 6.13. The lowest BCUT2D eigenvalue weighted by Gasteiger charge is -2.22. The molecule has 0 spiro atoms. The molecule has 7 heteroatoms. The maximum atomic E-state index is 12.8. The Morgan fingerprint density at radius 2 is 1.62 bits per heavy atom. The van der Waals surface area contributed by atoms with Gasteiger partial charge in [-0.3, -0.25) is 9.59 Å². The van der Waals surface area contributed by atoms with Gasteiger partial charge in [-0.25, -0.2) is 0 Å². The van der Waals surface area contributed by atoms with Crippen molar-refractivity contribution in [1.82, 2.24) is 5.32 Å². The molecule has 0 bridgehead atoms. The lowest BCUT2D eigenvalue weighted by atomic mass is 10.0. The Morgan fingerprint density at radius 1 is 0.962 bits per heavy atom. The van der Waals surface area contributed by atoms with E-state index in [1.165, 1.54) is 12.1 Å². The number of hydrogen-bond donors (Lipinski definition) is 2. The quantitative estimate of drug-likeness (QED) is 0.839. The van der Waals surface area contributed by atoms with E-state index in [1.54, 1.807) is 44.2 Å². The SMILES string of the molecule is CC(C)[C@H](NC(=O)c1ccccc1)C(=O)Nc1cccc(C(F)(F)F)c1. The van der Waals surface area contributed by atoms with Crippen LogP contribution in [-0.4, -0.2) is 17.9 Å². The molecule has 1 atom stereocenters. The van der Waals surface area contributed by atoms with Crippen LogP contribution >= 0.6 is 0 Å². The Bertz CT molecular complexity index is 774. The van der Waals surface area contributed by atoms with Gasteiger partial charge in [-0.15, -0.1) is 0 Å². The first-order valence-corrected chi connectivity index (χ1v) is 8.02. The van der Waals surface area contributed by atoms with Crippen LogP contribution in [0.2, 0.25) is 0 Å². The van der Waals surface area contributed by atoms with Gasteiger partial charge in [0.05, 0.1) is 5.56 Å². The first kappa shape index (κ1) is 19.5. The fourth-order valence-corrected chi connectivity index (χ4v) is 2.34. The van der Waals surface area contributed by atoms with Crippen LogP contribution in [-0.2, 0) is 11.0 Å². The monoisotopic (exact) mass is 364 g/mol. The number of anilines is 1. The average Bonchev–Trinajstić information content (AvgIpc) is 2.59. The molecule has 2 aromatic carbocycles. The second kappa shape index (κ2) is 8.03. The maximum Gasteiger partial charge on any atom is 0.416 e. The van der Waals surface area contributed by atoms with Gasteiger partial charge in [-0.2, -0.15) is 13.2 Å². The number of hydrogen-bond acceptors (Lipinski definition) is 2. The van der Waals surface area contributed by atoms with Gasteiger partial charge in [0.25, 0.3) is 5.91 Å². The van der Waals surface area contributed by atoms with Crippen molar-refractivity contribution in [3.8, 4) is 0 Å². The third-order valence-corrected chi connectivity index (χ3v) is 3.73. The molecule has 0 heterocycles. The highest BCUT2D eigenvalue weighted by molar-refractivity contribution is 6.01. The van der Waals surface area contributed by atoms with Gasteiger partial charge in [0.1, 0.15) is 6.04 Å². The summed E-state index contributed by atoms with van der Waals surface area (Å²) in [5, 5.41) is 5.06. The molecule has 2 rings (SSSR count). The van der Waals surface area contributed by atoms with Crippen molar-refractivity contribution in [3.05, 3.63) is 65.7 Å². The van der Waals surface area contributed by atoms with E-state index >= 15 is 0 Å². The number of rotatable bonds is 5. The number of carbonyl (C=O) groups is 2. The highest BCUT2D eigenvalue weighted by Gasteiger charge is 2.31. The van der Waals surface area contributed by atoms with Crippen LogP contribution in [0.15, 0.2) is 54.6 Å². The normalized spacial score (nSPS) is 12.5. The highest BCUT2D eigenvalue weighted by atomic mass is 19.4. The molecule has 0 saturated carbocycles. The third kappa shape index (κ3) is 5.08. The van der Waals surface area contributed by atoms with Gasteiger partial charge in [-0.1, -0.05) is 38.1 Å². The molecule has 4 nitrogen and oxygen atoms in total. The summed E-state index contributed by atoms with van der Waals surface area (Å²) in [4.78, 5) is 24.7. The zero-order valence-corrected chi connectivity index (χ0v) is 14.3. The van der Waals surface area contributed by atoms with E-state index in [4.69, 9.17) is 0 Å². The molecule has 0 aliphatic carbocycles. The molecule has 0 aliphatic rings. The van der Waals surface area contributed by atoms with Gasteiger partial charge in [0.15, 0.2) is 0 Å². The first-order chi connectivity index (χ1) is 12.2. The fourth-order valence-electron chi connectivity index (χ4n) is 2.34. The molecule has 0 fully saturated rings. The summed E-state index contributed by atoms with van der Waals surface area (Å²) in [7, 11) is 0. The van der Waals surface area contributed by atoms with Crippen LogP contribution in [0, 0.1) is 5.92 Å². The summed E-state index contributed by atoms with van der Waals surface area (Å²) < 4.78 is 38.3.